The Labute approximate surface area is 170 Å². The lowest BCUT2D eigenvalue weighted by Gasteiger charge is -2.18. The van der Waals surface area contributed by atoms with E-state index < -0.39 is 19.9 Å². The number of benzene rings is 2. The highest BCUT2D eigenvalue weighted by atomic mass is 32.2. The van der Waals surface area contributed by atoms with Crippen LogP contribution in [0.2, 0.25) is 0 Å². The fourth-order valence-corrected chi connectivity index (χ4v) is 3.62. The summed E-state index contributed by atoms with van der Waals surface area (Å²) in [6.45, 7) is 3.47. The van der Waals surface area contributed by atoms with Gasteiger partial charge in [0.1, 0.15) is 0 Å². The van der Waals surface area contributed by atoms with E-state index >= 15 is 0 Å². The van der Waals surface area contributed by atoms with Gasteiger partial charge in [0.2, 0.25) is 6.79 Å². The largest absolute Gasteiger partial charge is 0.478 e. The molecular formula is C20H25O6PS. The third-order valence-corrected chi connectivity index (χ3v) is 6.08. The normalized spacial score (nSPS) is 12.5. The molecular weight excluding hydrogens is 399 g/mol. The van der Waals surface area contributed by atoms with Crippen molar-refractivity contribution in [3.05, 3.63) is 71.8 Å². The summed E-state index contributed by atoms with van der Waals surface area (Å²) in [6, 6.07) is 18.5. The van der Waals surface area contributed by atoms with E-state index in [1.165, 1.54) is 0 Å². The number of rotatable bonds is 11. The molecule has 2 rings (SSSR count). The van der Waals surface area contributed by atoms with Crippen molar-refractivity contribution < 1.29 is 27.7 Å². The highest BCUT2D eigenvalue weighted by molar-refractivity contribution is 8.13. The molecule has 1 atom stereocenters. The molecule has 2 aromatic carbocycles. The Balaban J connectivity index is 1.92. The van der Waals surface area contributed by atoms with Crippen molar-refractivity contribution in [3.63, 3.8) is 0 Å². The van der Waals surface area contributed by atoms with E-state index in [2.05, 4.69) is 0 Å². The number of phosphoric acid groups is 1. The van der Waals surface area contributed by atoms with Crippen LogP contribution < -0.4 is 0 Å². The molecule has 0 heterocycles. The number of thioether (sulfide) groups is 1. The summed E-state index contributed by atoms with van der Waals surface area (Å²) in [6.07, 6.45) is 0.833. The van der Waals surface area contributed by atoms with Gasteiger partial charge in [-0.05, 0) is 29.3 Å². The first-order valence-electron chi connectivity index (χ1n) is 8.95. The van der Waals surface area contributed by atoms with E-state index in [0.29, 0.717) is 0 Å². The molecule has 0 aliphatic heterocycles. The number of ether oxygens (including phenoxy) is 1. The van der Waals surface area contributed by atoms with Gasteiger partial charge in [-0.1, -0.05) is 74.5 Å². The molecule has 28 heavy (non-hydrogen) atoms. The number of hydrogen-bond donors (Lipinski definition) is 0. The molecule has 2 aromatic rings. The van der Waals surface area contributed by atoms with E-state index in [-0.39, 0.29) is 18.5 Å². The highest BCUT2D eigenvalue weighted by Gasteiger charge is 2.28. The lowest BCUT2D eigenvalue weighted by atomic mass is 10.2. The summed E-state index contributed by atoms with van der Waals surface area (Å²) in [5.74, 6) is 0. The van der Waals surface area contributed by atoms with Crippen LogP contribution in [0, 0.1) is 0 Å². The summed E-state index contributed by atoms with van der Waals surface area (Å²) in [5.41, 5.74) is 1.64. The smallest absolute Gasteiger partial charge is 0.430 e. The standard InChI is InChI=1S/C20H25O6PS/c1-3-17(2)28-20(21)23-16-26-27(22,24-14-18-10-6-4-7-11-18)25-15-19-12-8-5-9-13-19/h4-13,17H,3,14-16H2,1-2H3. The summed E-state index contributed by atoms with van der Waals surface area (Å²) >= 11 is 1.06. The van der Waals surface area contributed by atoms with Gasteiger partial charge in [-0.3, -0.25) is 9.05 Å². The number of hydrogen-bond acceptors (Lipinski definition) is 7. The quantitative estimate of drug-likeness (QED) is 0.243. The van der Waals surface area contributed by atoms with Crippen LogP contribution in [-0.4, -0.2) is 17.3 Å². The second-order valence-corrected chi connectivity index (χ2v) is 8.99. The first-order chi connectivity index (χ1) is 13.5. The van der Waals surface area contributed by atoms with Crippen molar-refractivity contribution in [2.45, 2.75) is 38.7 Å². The van der Waals surface area contributed by atoms with Crippen molar-refractivity contribution >= 4 is 24.9 Å². The maximum Gasteiger partial charge on any atom is 0.478 e. The van der Waals surface area contributed by atoms with Gasteiger partial charge in [-0.15, -0.1) is 0 Å². The van der Waals surface area contributed by atoms with Crippen molar-refractivity contribution in [2.24, 2.45) is 0 Å². The molecule has 0 saturated carbocycles. The zero-order valence-corrected chi connectivity index (χ0v) is 17.7. The van der Waals surface area contributed by atoms with Crippen LogP contribution in [0.1, 0.15) is 31.4 Å². The van der Waals surface area contributed by atoms with Crippen LogP contribution in [-0.2, 0) is 36.1 Å². The Kier molecular flexibility index (Phi) is 9.75. The summed E-state index contributed by atoms with van der Waals surface area (Å²) in [5, 5.41) is -0.366. The molecule has 0 radical (unpaired) electrons. The Morgan fingerprint density at radius 1 is 0.929 bits per heavy atom. The van der Waals surface area contributed by atoms with Gasteiger partial charge < -0.3 is 4.74 Å². The predicted octanol–water partition coefficient (Wildman–Crippen LogP) is 6.17. The molecule has 0 amide bonds. The third kappa shape index (κ3) is 8.59. The van der Waals surface area contributed by atoms with Gasteiger partial charge in [0.15, 0.2) is 0 Å². The molecule has 0 aliphatic carbocycles. The van der Waals surface area contributed by atoms with Crippen LogP contribution >= 0.6 is 19.6 Å². The Hall–Kier alpha value is -1.63. The SMILES string of the molecule is CCC(C)SC(=O)OCOP(=O)(OCc1ccccc1)OCc1ccccc1. The fraction of sp³-hybridized carbons (Fsp3) is 0.350. The van der Waals surface area contributed by atoms with E-state index in [1.54, 1.807) is 0 Å². The van der Waals surface area contributed by atoms with Crippen molar-refractivity contribution in [1.29, 1.82) is 0 Å². The van der Waals surface area contributed by atoms with E-state index in [0.717, 1.165) is 29.3 Å². The first-order valence-corrected chi connectivity index (χ1v) is 11.3. The molecule has 0 fully saturated rings. The molecule has 8 heteroatoms. The van der Waals surface area contributed by atoms with Crippen molar-refractivity contribution in [3.8, 4) is 0 Å². The number of phosphoric ester groups is 1. The van der Waals surface area contributed by atoms with E-state index in [4.69, 9.17) is 18.3 Å². The average molecular weight is 424 g/mol. The molecule has 0 bridgehead atoms. The lowest BCUT2D eigenvalue weighted by molar-refractivity contribution is 0.0267. The summed E-state index contributed by atoms with van der Waals surface area (Å²) in [4.78, 5) is 11.7. The molecule has 0 aliphatic rings. The van der Waals surface area contributed by atoms with E-state index in [9.17, 15) is 9.36 Å². The number of carbonyl (C=O) groups excluding carboxylic acids is 1. The fourth-order valence-electron chi connectivity index (χ4n) is 1.99. The minimum absolute atomic E-state index is 0.0441. The zero-order valence-electron chi connectivity index (χ0n) is 16.0. The third-order valence-electron chi connectivity index (χ3n) is 3.72. The Morgan fingerprint density at radius 3 is 1.89 bits per heavy atom. The van der Waals surface area contributed by atoms with Crippen LogP contribution in [0.5, 0.6) is 0 Å². The van der Waals surface area contributed by atoms with Crippen molar-refractivity contribution in [1.82, 2.24) is 0 Å². The van der Waals surface area contributed by atoms with Gasteiger partial charge in [0.05, 0.1) is 13.2 Å². The van der Waals surface area contributed by atoms with Crippen LogP contribution in [0.3, 0.4) is 0 Å². The van der Waals surface area contributed by atoms with E-state index in [1.807, 2.05) is 74.5 Å². The molecule has 152 valence electrons. The monoisotopic (exact) mass is 424 g/mol. The van der Waals surface area contributed by atoms with Crippen molar-refractivity contribution in [2.75, 3.05) is 6.79 Å². The van der Waals surface area contributed by atoms with Gasteiger partial charge >= 0.3 is 13.1 Å². The first kappa shape index (κ1) is 22.7. The maximum absolute atomic E-state index is 13.0. The summed E-state index contributed by atoms with van der Waals surface area (Å²) in [7, 11) is -3.93. The Morgan fingerprint density at radius 2 is 1.43 bits per heavy atom. The molecule has 0 spiro atoms. The Bertz CT molecular complexity index is 708. The van der Waals surface area contributed by atoms with Crippen LogP contribution in [0.25, 0.3) is 0 Å². The summed E-state index contributed by atoms with van der Waals surface area (Å²) < 4.78 is 34.0. The highest BCUT2D eigenvalue weighted by Crippen LogP contribution is 2.51. The minimum atomic E-state index is -3.93. The molecule has 0 saturated heterocycles. The zero-order chi connectivity index (χ0) is 20.2. The molecule has 0 N–H and O–H groups in total. The maximum atomic E-state index is 13.0. The second-order valence-electron chi connectivity index (χ2n) is 5.94. The van der Waals surface area contributed by atoms with Gasteiger partial charge in [0, 0.05) is 5.25 Å². The average Bonchev–Trinajstić information content (AvgIpc) is 2.72. The molecule has 0 aromatic heterocycles. The van der Waals surface area contributed by atoms with Crippen LogP contribution in [0.15, 0.2) is 60.7 Å². The second kappa shape index (κ2) is 12.0. The van der Waals surface area contributed by atoms with Gasteiger partial charge in [-0.25, -0.2) is 13.9 Å². The lowest BCUT2D eigenvalue weighted by Crippen LogP contribution is -2.08. The minimum Gasteiger partial charge on any atom is -0.430 e. The van der Waals surface area contributed by atoms with Gasteiger partial charge in [-0.2, -0.15) is 0 Å². The predicted molar refractivity (Wildman–Crippen MR) is 110 cm³/mol. The topological polar surface area (TPSA) is 71.1 Å². The van der Waals surface area contributed by atoms with Gasteiger partial charge in [0.25, 0.3) is 0 Å². The number of carbonyl (C=O) groups is 1. The van der Waals surface area contributed by atoms with Crippen LogP contribution in [0.4, 0.5) is 4.79 Å². The molecule has 1 unspecified atom stereocenters. The molecule has 6 nitrogen and oxygen atoms in total.